The highest BCUT2D eigenvalue weighted by Crippen LogP contribution is 2.23. The van der Waals surface area contributed by atoms with E-state index in [4.69, 9.17) is 5.26 Å². The Morgan fingerprint density at radius 1 is 1.39 bits per heavy atom. The molecule has 96 valence electrons. The van der Waals surface area contributed by atoms with Crippen molar-refractivity contribution in [2.45, 2.75) is 13.3 Å². The number of nitrogens with zero attached hydrogens (tertiary/aromatic N) is 2. The fourth-order valence-electron chi connectivity index (χ4n) is 2.31. The van der Waals surface area contributed by atoms with Crippen molar-refractivity contribution in [1.29, 1.82) is 5.26 Å². The molecule has 0 bridgehead atoms. The normalized spacial score (nSPS) is 16.4. The predicted octanol–water partition coefficient (Wildman–Crippen LogP) is 1.02. The van der Waals surface area contributed by atoms with E-state index in [1.807, 2.05) is 19.1 Å². The summed E-state index contributed by atoms with van der Waals surface area (Å²) < 4.78 is 0. The number of hydrogen-bond donors (Lipinski definition) is 2. The van der Waals surface area contributed by atoms with Crippen LogP contribution in [0.2, 0.25) is 0 Å². The Morgan fingerprint density at radius 2 is 2.11 bits per heavy atom. The molecule has 1 fully saturated rings. The van der Waals surface area contributed by atoms with Crippen LogP contribution in [0.5, 0.6) is 5.75 Å². The fourth-order valence-corrected chi connectivity index (χ4v) is 2.31. The Labute approximate surface area is 108 Å². The molecule has 1 aliphatic heterocycles. The van der Waals surface area contributed by atoms with Gasteiger partial charge in [-0.3, -0.25) is 0 Å². The molecule has 4 heteroatoms. The third-order valence-electron chi connectivity index (χ3n) is 3.41. The molecule has 0 aromatic heterocycles. The van der Waals surface area contributed by atoms with Crippen LogP contribution in [0.15, 0.2) is 12.1 Å². The van der Waals surface area contributed by atoms with Gasteiger partial charge in [-0.1, -0.05) is 6.07 Å². The number of piperazine rings is 1. The van der Waals surface area contributed by atoms with E-state index < -0.39 is 0 Å². The van der Waals surface area contributed by atoms with Gasteiger partial charge in [-0.25, -0.2) is 0 Å². The van der Waals surface area contributed by atoms with E-state index in [1.165, 1.54) is 0 Å². The topological polar surface area (TPSA) is 59.3 Å². The fraction of sp³-hybridized carbons (Fsp3) is 0.500. The minimum atomic E-state index is 0.114. The zero-order valence-electron chi connectivity index (χ0n) is 10.7. The third kappa shape index (κ3) is 3.00. The number of aryl methyl sites for hydroxylation is 1. The monoisotopic (exact) mass is 245 g/mol. The van der Waals surface area contributed by atoms with Crippen molar-refractivity contribution in [1.82, 2.24) is 10.2 Å². The van der Waals surface area contributed by atoms with E-state index in [0.717, 1.165) is 50.3 Å². The first-order valence-electron chi connectivity index (χ1n) is 6.36. The second-order valence-corrected chi connectivity index (χ2v) is 4.76. The Balaban J connectivity index is 2.01. The summed E-state index contributed by atoms with van der Waals surface area (Å²) in [6, 6.07) is 5.81. The van der Waals surface area contributed by atoms with Gasteiger partial charge >= 0.3 is 0 Å². The van der Waals surface area contributed by atoms with Crippen LogP contribution in [0.25, 0.3) is 0 Å². The molecule has 0 spiro atoms. The maximum atomic E-state index is 9.70. The lowest BCUT2D eigenvalue weighted by Gasteiger charge is -2.27. The number of benzene rings is 1. The highest BCUT2D eigenvalue weighted by Gasteiger charge is 2.11. The summed E-state index contributed by atoms with van der Waals surface area (Å²) in [5, 5.41) is 22.0. The Hall–Kier alpha value is -1.57. The van der Waals surface area contributed by atoms with Gasteiger partial charge in [0.25, 0.3) is 0 Å². The maximum absolute atomic E-state index is 9.70. The van der Waals surface area contributed by atoms with Crippen LogP contribution in [0.3, 0.4) is 0 Å². The number of aromatic hydroxyl groups is 1. The lowest BCUT2D eigenvalue weighted by atomic mass is 10.0. The van der Waals surface area contributed by atoms with E-state index in [-0.39, 0.29) is 5.75 Å². The number of nitrogens with one attached hydrogen (secondary N) is 1. The van der Waals surface area contributed by atoms with Gasteiger partial charge in [0.05, 0.1) is 5.56 Å². The van der Waals surface area contributed by atoms with Gasteiger partial charge < -0.3 is 15.3 Å². The molecule has 2 N–H and O–H groups in total. The van der Waals surface area contributed by atoms with Crippen LogP contribution in [0.4, 0.5) is 0 Å². The Morgan fingerprint density at radius 3 is 2.78 bits per heavy atom. The molecule has 0 atom stereocenters. The molecule has 0 saturated carbocycles. The SMILES string of the molecule is Cc1cc(CCN2CCNCC2)cc(C#N)c1O. The van der Waals surface area contributed by atoms with Crippen molar-refractivity contribution in [3.63, 3.8) is 0 Å². The minimum Gasteiger partial charge on any atom is -0.506 e. The summed E-state index contributed by atoms with van der Waals surface area (Å²) in [7, 11) is 0. The standard InChI is InChI=1S/C14H19N3O/c1-11-8-12(9-13(10-15)14(11)18)2-5-17-6-3-16-4-7-17/h8-9,16,18H,2-7H2,1H3. The molecule has 1 aromatic carbocycles. The molecule has 1 aliphatic rings. The smallest absolute Gasteiger partial charge is 0.136 e. The van der Waals surface area contributed by atoms with E-state index in [1.54, 1.807) is 6.07 Å². The van der Waals surface area contributed by atoms with Crippen LogP contribution in [-0.2, 0) is 6.42 Å². The summed E-state index contributed by atoms with van der Waals surface area (Å²) in [5.41, 5.74) is 2.29. The highest BCUT2D eigenvalue weighted by atomic mass is 16.3. The molecule has 0 aliphatic carbocycles. The van der Waals surface area contributed by atoms with Gasteiger partial charge in [-0.05, 0) is 30.5 Å². The molecule has 0 radical (unpaired) electrons. The number of nitriles is 1. The molecule has 1 saturated heterocycles. The second kappa shape index (κ2) is 5.85. The van der Waals surface area contributed by atoms with Gasteiger partial charge in [-0.15, -0.1) is 0 Å². The van der Waals surface area contributed by atoms with Crippen LogP contribution in [-0.4, -0.2) is 42.7 Å². The van der Waals surface area contributed by atoms with Gasteiger partial charge in [0, 0.05) is 32.7 Å². The summed E-state index contributed by atoms with van der Waals surface area (Å²) in [6.45, 7) is 7.13. The lowest BCUT2D eigenvalue weighted by Crippen LogP contribution is -2.44. The first-order chi connectivity index (χ1) is 8.70. The van der Waals surface area contributed by atoms with E-state index in [0.29, 0.717) is 5.56 Å². The van der Waals surface area contributed by atoms with E-state index >= 15 is 0 Å². The lowest BCUT2D eigenvalue weighted by molar-refractivity contribution is 0.244. The zero-order valence-corrected chi connectivity index (χ0v) is 10.7. The molecular formula is C14H19N3O. The zero-order chi connectivity index (χ0) is 13.0. The van der Waals surface area contributed by atoms with Gasteiger partial charge in [0.2, 0.25) is 0 Å². The molecule has 2 rings (SSSR count). The average Bonchev–Trinajstić information content (AvgIpc) is 2.41. The van der Waals surface area contributed by atoms with Crippen molar-refractivity contribution >= 4 is 0 Å². The van der Waals surface area contributed by atoms with Crippen molar-refractivity contribution in [3.8, 4) is 11.8 Å². The highest BCUT2D eigenvalue weighted by molar-refractivity contribution is 5.49. The number of hydrogen-bond acceptors (Lipinski definition) is 4. The quantitative estimate of drug-likeness (QED) is 0.834. The Kier molecular flexibility index (Phi) is 4.19. The van der Waals surface area contributed by atoms with Crippen molar-refractivity contribution in [3.05, 3.63) is 28.8 Å². The van der Waals surface area contributed by atoms with Crippen molar-refractivity contribution in [2.75, 3.05) is 32.7 Å². The van der Waals surface area contributed by atoms with Crippen LogP contribution in [0, 0.1) is 18.3 Å². The molecular weight excluding hydrogens is 226 g/mol. The Bertz CT molecular complexity index is 459. The number of phenolic OH excluding ortho intramolecular Hbond substituents is 1. The predicted molar refractivity (Wildman–Crippen MR) is 70.6 cm³/mol. The molecule has 1 aromatic rings. The second-order valence-electron chi connectivity index (χ2n) is 4.76. The van der Waals surface area contributed by atoms with E-state index in [2.05, 4.69) is 10.2 Å². The first kappa shape index (κ1) is 12.9. The van der Waals surface area contributed by atoms with Gasteiger partial charge in [0.1, 0.15) is 11.8 Å². The van der Waals surface area contributed by atoms with Crippen LogP contribution < -0.4 is 5.32 Å². The summed E-state index contributed by atoms with van der Waals surface area (Å²) in [6.07, 6.45) is 0.926. The van der Waals surface area contributed by atoms with Crippen molar-refractivity contribution in [2.24, 2.45) is 0 Å². The van der Waals surface area contributed by atoms with Gasteiger partial charge in [0.15, 0.2) is 0 Å². The number of rotatable bonds is 3. The molecule has 4 nitrogen and oxygen atoms in total. The summed E-state index contributed by atoms with van der Waals surface area (Å²) >= 11 is 0. The maximum Gasteiger partial charge on any atom is 0.136 e. The molecule has 1 heterocycles. The third-order valence-corrected chi connectivity index (χ3v) is 3.41. The minimum absolute atomic E-state index is 0.114. The average molecular weight is 245 g/mol. The van der Waals surface area contributed by atoms with Crippen LogP contribution in [0.1, 0.15) is 16.7 Å². The van der Waals surface area contributed by atoms with Gasteiger partial charge in [-0.2, -0.15) is 5.26 Å². The van der Waals surface area contributed by atoms with E-state index in [9.17, 15) is 5.11 Å². The first-order valence-corrected chi connectivity index (χ1v) is 6.36. The summed E-state index contributed by atoms with van der Waals surface area (Å²) in [4.78, 5) is 2.42. The van der Waals surface area contributed by atoms with Crippen LogP contribution >= 0.6 is 0 Å². The van der Waals surface area contributed by atoms with Crippen molar-refractivity contribution < 1.29 is 5.11 Å². The molecule has 0 amide bonds. The molecule has 0 unspecified atom stereocenters. The molecule has 18 heavy (non-hydrogen) atoms. The number of phenols is 1. The summed E-state index contributed by atoms with van der Waals surface area (Å²) in [5.74, 6) is 0.114. The largest absolute Gasteiger partial charge is 0.506 e.